The lowest BCUT2D eigenvalue weighted by atomic mass is 9.97. The van der Waals surface area contributed by atoms with Gasteiger partial charge in [0.25, 0.3) is 0 Å². The molecule has 2 rings (SSSR count). The van der Waals surface area contributed by atoms with E-state index in [1.54, 1.807) is 6.08 Å². The molecule has 1 amide bonds. The Balaban J connectivity index is 1.71. The molecule has 9 N–H and O–H groups in total. The molecule has 0 spiro atoms. The molecule has 0 bridgehead atoms. The van der Waals surface area contributed by atoms with E-state index in [4.69, 9.17) is 18.9 Å². The van der Waals surface area contributed by atoms with E-state index in [0.29, 0.717) is 12.8 Å². The molecule has 2 heterocycles. The van der Waals surface area contributed by atoms with E-state index in [1.807, 2.05) is 6.08 Å². The highest BCUT2D eigenvalue weighted by Gasteiger charge is 2.51. The Labute approximate surface area is 529 Å². The fourth-order valence-corrected chi connectivity index (χ4v) is 11.2. The predicted octanol–water partition coefficient (Wildman–Crippen LogP) is 14.4. The number of allylic oxidation sites excluding steroid dienone is 13. The van der Waals surface area contributed by atoms with E-state index < -0.39 is 86.8 Å². The van der Waals surface area contributed by atoms with Crippen molar-refractivity contribution in [2.75, 3.05) is 19.8 Å². The fourth-order valence-electron chi connectivity index (χ4n) is 11.2. The van der Waals surface area contributed by atoms with Gasteiger partial charge in [-0.05, 0) is 83.5 Å². The van der Waals surface area contributed by atoms with Gasteiger partial charge in [0.2, 0.25) is 5.91 Å². The molecule has 0 aliphatic carbocycles. The Morgan fingerprint density at radius 2 is 0.805 bits per heavy atom. The van der Waals surface area contributed by atoms with Crippen LogP contribution in [0.5, 0.6) is 0 Å². The predicted molar refractivity (Wildman–Crippen MR) is 355 cm³/mol. The normalized spacial score (nSPS) is 23.8. The quantitative estimate of drug-likeness (QED) is 0.0204. The second-order valence-corrected chi connectivity index (χ2v) is 24.6. The number of nitrogens with one attached hydrogen (secondary N) is 1. The van der Waals surface area contributed by atoms with Gasteiger partial charge in [-0.15, -0.1) is 0 Å². The minimum atomic E-state index is -1.80. The zero-order chi connectivity index (χ0) is 63.1. The van der Waals surface area contributed by atoms with Crippen LogP contribution in [0.4, 0.5) is 0 Å². The van der Waals surface area contributed by atoms with E-state index in [0.717, 1.165) is 77.0 Å². The summed E-state index contributed by atoms with van der Waals surface area (Å²) in [6.07, 6.45) is 62.1. The maximum absolute atomic E-state index is 13.3. The minimum absolute atomic E-state index is 0.259. The number of hydrogen-bond acceptors (Lipinski definition) is 13. The molecule has 12 atom stereocenters. The SMILES string of the molecule is CC/C=C\C/C=C\C/C=C\C/C=C\CCCCCCCCCCCCC(=O)NC(COC1OC(CO)C(OC2OC(CO)C(O)C(O)C2O)C(O)C1O)C(O)/C=C/CC/C=C/CC/C=C/CCCCCCCCCCCCCCCCCCCCCC. The third-order valence-electron chi connectivity index (χ3n) is 16.8. The summed E-state index contributed by atoms with van der Waals surface area (Å²) in [5, 5.41) is 87.4. The molecule has 2 aliphatic rings. The Kier molecular flexibility index (Phi) is 52.7. The van der Waals surface area contributed by atoms with Crippen LogP contribution in [0.1, 0.15) is 277 Å². The van der Waals surface area contributed by atoms with Gasteiger partial charge in [-0.1, -0.05) is 272 Å². The van der Waals surface area contributed by atoms with Crippen molar-refractivity contribution in [2.45, 2.75) is 351 Å². The monoisotopic (exact) mass is 1230 g/mol. The van der Waals surface area contributed by atoms with Gasteiger partial charge in [-0.3, -0.25) is 4.79 Å². The molecular formula is C73H129NO13. The number of carbonyl (C=O) groups excluding carboxylic acids is 1. The summed E-state index contributed by atoms with van der Waals surface area (Å²) < 4.78 is 22.8. The molecular weight excluding hydrogens is 1100 g/mol. The third-order valence-corrected chi connectivity index (χ3v) is 16.8. The number of carbonyl (C=O) groups is 1. The first-order valence-corrected chi connectivity index (χ1v) is 35.3. The standard InChI is InChI=1S/C73H129NO13/c1-3-5-7-9-11-13-15-17-19-21-23-25-27-28-29-30-31-32-33-35-36-38-40-42-44-46-48-50-52-54-56-62(77)61(60-84-72-70(83)68(81)71(64(59-76)86-72)87-73-69(82)67(80)66(79)63(58-75)85-73)74-65(78)57-55-53-51-49-47-45-43-41-39-37-34-26-24-22-20-18-16-14-12-10-8-6-4-2/h6,8,12,14,18,20,24,26,38,40,46,48,54,56,61-64,66-73,75-77,79-83H,3-5,7,9-11,13,15-17,19,21-23,25,27-37,39,41-45,47,49-53,55,57-60H2,1-2H3,(H,74,78)/b8-6-,14-12-,20-18-,26-24-,40-38+,48-46+,56-54+. The molecule has 87 heavy (non-hydrogen) atoms. The molecule has 504 valence electrons. The smallest absolute Gasteiger partial charge is 0.220 e. The zero-order valence-corrected chi connectivity index (χ0v) is 54.7. The molecule has 0 aromatic rings. The van der Waals surface area contributed by atoms with Gasteiger partial charge in [-0.2, -0.15) is 0 Å². The maximum Gasteiger partial charge on any atom is 0.220 e. The van der Waals surface area contributed by atoms with Crippen molar-refractivity contribution in [3.8, 4) is 0 Å². The molecule has 12 unspecified atom stereocenters. The highest BCUT2D eigenvalue weighted by atomic mass is 16.7. The Bertz CT molecular complexity index is 1780. The number of hydrogen-bond donors (Lipinski definition) is 9. The summed E-state index contributed by atoms with van der Waals surface area (Å²) in [6.45, 7) is 2.68. The molecule has 14 nitrogen and oxygen atoms in total. The van der Waals surface area contributed by atoms with Gasteiger partial charge in [0.15, 0.2) is 12.6 Å². The second-order valence-electron chi connectivity index (χ2n) is 24.6. The van der Waals surface area contributed by atoms with Crippen molar-refractivity contribution < 1.29 is 64.6 Å². The van der Waals surface area contributed by atoms with Crippen molar-refractivity contribution in [3.05, 3.63) is 85.1 Å². The van der Waals surface area contributed by atoms with Gasteiger partial charge >= 0.3 is 0 Å². The van der Waals surface area contributed by atoms with Crippen molar-refractivity contribution in [1.82, 2.24) is 5.32 Å². The zero-order valence-electron chi connectivity index (χ0n) is 54.7. The lowest BCUT2D eigenvalue weighted by Gasteiger charge is -2.46. The van der Waals surface area contributed by atoms with Crippen LogP contribution in [0.3, 0.4) is 0 Å². The van der Waals surface area contributed by atoms with E-state index in [9.17, 15) is 45.6 Å². The Morgan fingerprint density at radius 3 is 1.26 bits per heavy atom. The van der Waals surface area contributed by atoms with Crippen LogP contribution in [0.15, 0.2) is 85.1 Å². The number of unbranched alkanes of at least 4 members (excludes halogenated alkanes) is 32. The number of amides is 1. The largest absolute Gasteiger partial charge is 0.394 e. The molecule has 14 heteroatoms. The van der Waals surface area contributed by atoms with E-state index >= 15 is 0 Å². The van der Waals surface area contributed by atoms with Crippen molar-refractivity contribution in [3.63, 3.8) is 0 Å². The maximum atomic E-state index is 13.3. The van der Waals surface area contributed by atoms with Crippen LogP contribution in [0.2, 0.25) is 0 Å². The first-order chi connectivity index (χ1) is 42.6. The average Bonchev–Trinajstić information content (AvgIpc) is 2.33. The Hall–Kier alpha value is -2.83. The number of ether oxygens (including phenoxy) is 4. The van der Waals surface area contributed by atoms with Crippen LogP contribution >= 0.6 is 0 Å². The first-order valence-electron chi connectivity index (χ1n) is 35.3. The molecule has 2 fully saturated rings. The van der Waals surface area contributed by atoms with Gasteiger partial charge in [0, 0.05) is 6.42 Å². The van der Waals surface area contributed by atoms with Gasteiger partial charge in [-0.25, -0.2) is 0 Å². The Morgan fingerprint density at radius 1 is 0.425 bits per heavy atom. The number of aliphatic hydroxyl groups is 8. The van der Waals surface area contributed by atoms with Crippen LogP contribution < -0.4 is 5.32 Å². The molecule has 2 saturated heterocycles. The molecule has 0 aromatic heterocycles. The van der Waals surface area contributed by atoms with Crippen LogP contribution in [0, 0.1) is 0 Å². The summed E-state index contributed by atoms with van der Waals surface area (Å²) >= 11 is 0. The van der Waals surface area contributed by atoms with Gasteiger partial charge < -0.3 is 65.1 Å². The molecule has 0 radical (unpaired) electrons. The topological polar surface area (TPSA) is 228 Å². The van der Waals surface area contributed by atoms with E-state index in [2.05, 4.69) is 92.1 Å². The van der Waals surface area contributed by atoms with E-state index in [-0.39, 0.29) is 18.9 Å². The van der Waals surface area contributed by atoms with Crippen molar-refractivity contribution in [1.29, 1.82) is 0 Å². The van der Waals surface area contributed by atoms with Gasteiger partial charge in [0.05, 0.1) is 32.0 Å². The summed E-state index contributed by atoms with van der Waals surface area (Å²) in [5.74, 6) is -0.259. The first kappa shape index (κ1) is 80.3. The highest BCUT2D eigenvalue weighted by molar-refractivity contribution is 5.76. The van der Waals surface area contributed by atoms with Gasteiger partial charge in [0.1, 0.15) is 48.8 Å². The summed E-state index contributed by atoms with van der Waals surface area (Å²) in [6, 6.07) is -0.947. The second kappa shape index (κ2) is 57.1. The van der Waals surface area contributed by atoms with E-state index in [1.165, 1.54) is 167 Å². The highest BCUT2D eigenvalue weighted by Crippen LogP contribution is 2.30. The van der Waals surface area contributed by atoms with Crippen LogP contribution in [-0.2, 0) is 23.7 Å². The van der Waals surface area contributed by atoms with Crippen molar-refractivity contribution in [2.24, 2.45) is 0 Å². The summed E-state index contributed by atoms with van der Waals surface area (Å²) in [4.78, 5) is 13.3. The number of aliphatic hydroxyl groups excluding tert-OH is 8. The summed E-state index contributed by atoms with van der Waals surface area (Å²) in [7, 11) is 0. The molecule has 2 aliphatic heterocycles. The molecule has 0 aromatic carbocycles. The summed E-state index contributed by atoms with van der Waals surface area (Å²) in [5.41, 5.74) is 0. The lowest BCUT2D eigenvalue weighted by molar-refractivity contribution is -0.359. The van der Waals surface area contributed by atoms with Crippen LogP contribution in [0.25, 0.3) is 0 Å². The van der Waals surface area contributed by atoms with Crippen LogP contribution in [-0.4, -0.2) is 140 Å². The lowest BCUT2D eigenvalue weighted by Crippen LogP contribution is -2.65. The van der Waals surface area contributed by atoms with Crippen molar-refractivity contribution >= 4 is 5.91 Å². The molecule has 0 saturated carbocycles. The average molecular weight is 1230 g/mol. The minimum Gasteiger partial charge on any atom is -0.394 e. The number of rotatable bonds is 57. The fraction of sp³-hybridized carbons (Fsp3) is 0.795. The third kappa shape index (κ3) is 41.3.